The van der Waals surface area contributed by atoms with Gasteiger partial charge < -0.3 is 4.74 Å². The third-order valence-electron chi connectivity index (χ3n) is 5.48. The van der Waals surface area contributed by atoms with Crippen LogP contribution in [0.2, 0.25) is 0 Å². The van der Waals surface area contributed by atoms with Crippen molar-refractivity contribution in [2.24, 2.45) is 0 Å². The molecule has 2 aromatic rings. The molecular formula is C24H31NO4S. The zero-order valence-electron chi connectivity index (χ0n) is 18.1. The number of hydrogen-bond donors (Lipinski definition) is 0. The van der Waals surface area contributed by atoms with Gasteiger partial charge in [0.15, 0.2) is 0 Å². The predicted molar refractivity (Wildman–Crippen MR) is 118 cm³/mol. The number of benzene rings is 2. The van der Waals surface area contributed by atoms with Crippen molar-refractivity contribution >= 4 is 16.0 Å². The lowest BCUT2D eigenvalue weighted by Gasteiger charge is -2.20. The normalized spacial score (nSPS) is 16.1. The molecule has 5 nitrogen and oxygen atoms in total. The van der Waals surface area contributed by atoms with E-state index in [1.165, 1.54) is 29.8 Å². The van der Waals surface area contributed by atoms with Crippen LogP contribution in [0.15, 0.2) is 53.4 Å². The molecule has 1 aliphatic rings. The summed E-state index contributed by atoms with van der Waals surface area (Å²) < 4.78 is 32.6. The maximum Gasteiger partial charge on any atom is 0.338 e. The molecule has 2 aromatic carbocycles. The minimum atomic E-state index is -3.52. The lowest BCUT2D eigenvalue weighted by Crippen LogP contribution is -2.31. The van der Waals surface area contributed by atoms with E-state index >= 15 is 0 Å². The lowest BCUT2D eigenvalue weighted by molar-refractivity contribution is 0.0472. The minimum Gasteiger partial charge on any atom is -0.457 e. The molecule has 0 aromatic heterocycles. The zero-order chi connectivity index (χ0) is 21.8. The van der Waals surface area contributed by atoms with Crippen molar-refractivity contribution < 1.29 is 17.9 Å². The van der Waals surface area contributed by atoms with E-state index in [0.29, 0.717) is 18.7 Å². The Morgan fingerprint density at radius 1 is 0.900 bits per heavy atom. The molecule has 162 valence electrons. The molecule has 0 spiro atoms. The predicted octanol–water partition coefficient (Wildman–Crippen LogP) is 4.91. The van der Waals surface area contributed by atoms with E-state index in [1.807, 2.05) is 24.3 Å². The highest BCUT2D eigenvalue weighted by molar-refractivity contribution is 7.89. The van der Waals surface area contributed by atoms with Gasteiger partial charge in [0.25, 0.3) is 0 Å². The molecule has 0 atom stereocenters. The number of carbonyl (C=O) groups excluding carboxylic acids is 1. The first-order valence-electron chi connectivity index (χ1n) is 10.5. The molecule has 0 aliphatic carbocycles. The first-order chi connectivity index (χ1) is 14.2. The van der Waals surface area contributed by atoms with E-state index in [9.17, 15) is 13.2 Å². The summed E-state index contributed by atoms with van der Waals surface area (Å²) in [5, 5.41) is 0. The first kappa shape index (κ1) is 22.5. The quantitative estimate of drug-likeness (QED) is 0.634. The number of carbonyl (C=O) groups is 1. The summed E-state index contributed by atoms with van der Waals surface area (Å²) in [4.78, 5) is 12.6. The highest BCUT2D eigenvalue weighted by Crippen LogP contribution is 2.23. The monoisotopic (exact) mass is 429 g/mol. The molecule has 0 bridgehead atoms. The van der Waals surface area contributed by atoms with Crippen LogP contribution in [0.25, 0.3) is 0 Å². The summed E-state index contributed by atoms with van der Waals surface area (Å²) in [6, 6.07) is 14.1. The second-order valence-corrected chi connectivity index (χ2v) is 10.8. The summed E-state index contributed by atoms with van der Waals surface area (Å²) in [5.41, 5.74) is 2.55. The van der Waals surface area contributed by atoms with Crippen LogP contribution in [0.3, 0.4) is 0 Å². The SMILES string of the molecule is CC(C)(C)c1ccc(COC(=O)c2ccc(S(=O)(=O)N3CCCCCC3)cc2)cc1. The molecule has 3 rings (SSSR count). The van der Waals surface area contributed by atoms with Crippen LogP contribution < -0.4 is 0 Å². The number of ether oxygens (including phenoxy) is 1. The van der Waals surface area contributed by atoms with Gasteiger partial charge in [-0.1, -0.05) is 57.9 Å². The van der Waals surface area contributed by atoms with Gasteiger partial charge in [-0.25, -0.2) is 13.2 Å². The molecule has 0 unspecified atom stereocenters. The number of sulfonamides is 1. The third kappa shape index (κ3) is 5.49. The summed E-state index contributed by atoms with van der Waals surface area (Å²) in [6.45, 7) is 7.74. The number of nitrogens with zero attached hydrogens (tertiary/aromatic N) is 1. The highest BCUT2D eigenvalue weighted by atomic mass is 32.2. The van der Waals surface area contributed by atoms with Gasteiger partial charge in [0.05, 0.1) is 10.5 Å². The second kappa shape index (κ2) is 9.31. The van der Waals surface area contributed by atoms with Gasteiger partial charge in [-0.2, -0.15) is 4.31 Å². The average Bonchev–Trinajstić information content (AvgIpc) is 3.02. The average molecular weight is 430 g/mol. The maximum absolute atomic E-state index is 12.8. The Hall–Kier alpha value is -2.18. The van der Waals surface area contributed by atoms with E-state index in [0.717, 1.165) is 31.2 Å². The topological polar surface area (TPSA) is 63.7 Å². The van der Waals surface area contributed by atoms with Crippen LogP contribution in [-0.4, -0.2) is 31.8 Å². The van der Waals surface area contributed by atoms with E-state index in [-0.39, 0.29) is 16.9 Å². The van der Waals surface area contributed by atoms with Crippen molar-refractivity contribution in [1.82, 2.24) is 4.31 Å². The van der Waals surface area contributed by atoms with Gasteiger partial charge in [-0.15, -0.1) is 0 Å². The molecule has 30 heavy (non-hydrogen) atoms. The van der Waals surface area contributed by atoms with Crippen molar-refractivity contribution in [3.8, 4) is 0 Å². The highest BCUT2D eigenvalue weighted by Gasteiger charge is 2.25. The van der Waals surface area contributed by atoms with Crippen molar-refractivity contribution in [2.45, 2.75) is 63.4 Å². The summed E-state index contributed by atoms with van der Waals surface area (Å²) in [7, 11) is -3.52. The Labute approximate surface area is 180 Å². The van der Waals surface area contributed by atoms with Gasteiger partial charge in [0.2, 0.25) is 10.0 Å². The van der Waals surface area contributed by atoms with Gasteiger partial charge in [0, 0.05) is 13.1 Å². The molecule has 1 heterocycles. The summed E-state index contributed by atoms with van der Waals surface area (Å²) in [5.74, 6) is -0.464. The molecule has 1 fully saturated rings. The third-order valence-corrected chi connectivity index (χ3v) is 7.40. The van der Waals surface area contributed by atoms with E-state index in [4.69, 9.17) is 4.74 Å². The van der Waals surface area contributed by atoms with Crippen molar-refractivity contribution in [3.63, 3.8) is 0 Å². The number of rotatable bonds is 5. The van der Waals surface area contributed by atoms with Crippen molar-refractivity contribution in [3.05, 3.63) is 65.2 Å². The number of esters is 1. The van der Waals surface area contributed by atoms with Crippen LogP contribution in [0, 0.1) is 0 Å². The summed E-state index contributed by atoms with van der Waals surface area (Å²) in [6.07, 6.45) is 3.91. The molecule has 0 amide bonds. The zero-order valence-corrected chi connectivity index (χ0v) is 18.9. The van der Waals surface area contributed by atoms with Gasteiger partial charge in [-0.05, 0) is 53.6 Å². The van der Waals surface area contributed by atoms with E-state index < -0.39 is 16.0 Å². The molecule has 0 radical (unpaired) electrons. The minimum absolute atomic E-state index is 0.0740. The Morgan fingerprint density at radius 2 is 1.47 bits per heavy atom. The van der Waals surface area contributed by atoms with Crippen LogP contribution in [-0.2, 0) is 26.8 Å². The standard InChI is InChI=1S/C24H31NO4S/c1-24(2,3)21-12-8-19(9-13-21)18-29-23(26)20-10-14-22(15-11-20)30(27,28)25-16-6-4-5-7-17-25/h8-15H,4-7,16-18H2,1-3H3. The molecule has 6 heteroatoms. The molecular weight excluding hydrogens is 398 g/mol. The van der Waals surface area contributed by atoms with Gasteiger partial charge >= 0.3 is 5.97 Å². The Kier molecular flexibility index (Phi) is 6.98. The van der Waals surface area contributed by atoms with Gasteiger partial charge in [0.1, 0.15) is 6.61 Å². The van der Waals surface area contributed by atoms with Crippen LogP contribution >= 0.6 is 0 Å². The molecule has 0 N–H and O–H groups in total. The van der Waals surface area contributed by atoms with Crippen LogP contribution in [0.5, 0.6) is 0 Å². The van der Waals surface area contributed by atoms with E-state index in [1.54, 1.807) is 4.31 Å². The largest absolute Gasteiger partial charge is 0.457 e. The van der Waals surface area contributed by atoms with Crippen LogP contribution in [0.4, 0.5) is 0 Å². The summed E-state index contributed by atoms with van der Waals surface area (Å²) >= 11 is 0. The Balaban J connectivity index is 1.62. The fraction of sp³-hybridized carbons (Fsp3) is 0.458. The smallest absolute Gasteiger partial charge is 0.338 e. The van der Waals surface area contributed by atoms with Gasteiger partial charge in [-0.3, -0.25) is 0 Å². The first-order valence-corrected chi connectivity index (χ1v) is 12.0. The van der Waals surface area contributed by atoms with Crippen LogP contribution in [0.1, 0.15) is 67.9 Å². The van der Waals surface area contributed by atoms with Crippen molar-refractivity contribution in [2.75, 3.05) is 13.1 Å². The maximum atomic E-state index is 12.8. The molecule has 1 aliphatic heterocycles. The second-order valence-electron chi connectivity index (χ2n) is 8.87. The Bertz CT molecular complexity index is 950. The molecule has 1 saturated heterocycles. The van der Waals surface area contributed by atoms with Crippen molar-refractivity contribution in [1.29, 1.82) is 0 Å². The Morgan fingerprint density at radius 3 is 2.00 bits per heavy atom. The fourth-order valence-electron chi connectivity index (χ4n) is 3.53. The number of hydrogen-bond acceptors (Lipinski definition) is 4. The molecule has 0 saturated carbocycles. The lowest BCUT2D eigenvalue weighted by atomic mass is 9.87. The fourth-order valence-corrected chi connectivity index (χ4v) is 5.04. The van der Waals surface area contributed by atoms with E-state index in [2.05, 4.69) is 20.8 Å².